The number of carbonyl (C=O) groups is 2. The lowest BCUT2D eigenvalue weighted by Gasteiger charge is -2.29. The van der Waals surface area contributed by atoms with Gasteiger partial charge in [-0.3, -0.25) is 14.5 Å². The van der Waals surface area contributed by atoms with Gasteiger partial charge in [0, 0.05) is 10.9 Å². The van der Waals surface area contributed by atoms with Gasteiger partial charge >= 0.3 is 5.97 Å². The van der Waals surface area contributed by atoms with Gasteiger partial charge in [-0.05, 0) is 24.6 Å². The highest BCUT2D eigenvalue weighted by atomic mass is 32.1. The van der Waals surface area contributed by atoms with E-state index in [2.05, 4.69) is 11.9 Å². The Morgan fingerprint density at radius 3 is 3.04 bits per heavy atom. The first-order valence-corrected chi connectivity index (χ1v) is 9.24. The molecule has 3 rings (SSSR count). The van der Waals surface area contributed by atoms with Crippen LogP contribution in [0.15, 0.2) is 29.1 Å². The first kappa shape index (κ1) is 17.4. The molecule has 0 unspecified atom stereocenters. The Bertz CT molecular complexity index is 746. The SMILES string of the molecule is CCCCCOC(=O)CN1C(=O)COc2ccc(-c3cscn3)cc21. The molecule has 2 heterocycles. The van der Waals surface area contributed by atoms with Crippen LogP contribution < -0.4 is 9.64 Å². The lowest BCUT2D eigenvalue weighted by Crippen LogP contribution is -2.42. The predicted molar refractivity (Wildman–Crippen MR) is 95.9 cm³/mol. The van der Waals surface area contributed by atoms with Crippen LogP contribution in [0.25, 0.3) is 11.3 Å². The number of unbranched alkanes of at least 4 members (excludes halogenated alkanes) is 2. The zero-order valence-electron chi connectivity index (χ0n) is 14.1. The van der Waals surface area contributed by atoms with Gasteiger partial charge in [0.05, 0.1) is 23.5 Å². The number of rotatable bonds is 7. The lowest BCUT2D eigenvalue weighted by atomic mass is 10.1. The van der Waals surface area contributed by atoms with E-state index in [1.54, 1.807) is 11.6 Å². The molecule has 0 atom stereocenters. The molecule has 132 valence electrons. The molecule has 0 N–H and O–H groups in total. The van der Waals surface area contributed by atoms with Gasteiger partial charge in [-0.25, -0.2) is 4.98 Å². The molecule has 1 aromatic carbocycles. The molecule has 0 radical (unpaired) electrons. The summed E-state index contributed by atoms with van der Waals surface area (Å²) in [5, 5.41) is 1.93. The molecular weight excluding hydrogens is 340 g/mol. The smallest absolute Gasteiger partial charge is 0.326 e. The van der Waals surface area contributed by atoms with Crippen LogP contribution in [0.5, 0.6) is 5.75 Å². The van der Waals surface area contributed by atoms with Crippen molar-refractivity contribution in [1.29, 1.82) is 0 Å². The van der Waals surface area contributed by atoms with Gasteiger partial charge in [0.25, 0.3) is 5.91 Å². The van der Waals surface area contributed by atoms with Crippen LogP contribution in [-0.4, -0.2) is 36.6 Å². The Balaban J connectivity index is 1.75. The number of ether oxygens (including phenoxy) is 2. The largest absolute Gasteiger partial charge is 0.482 e. The van der Waals surface area contributed by atoms with Crippen LogP contribution in [0.2, 0.25) is 0 Å². The van der Waals surface area contributed by atoms with E-state index in [0.29, 0.717) is 18.0 Å². The van der Waals surface area contributed by atoms with Crippen molar-refractivity contribution < 1.29 is 19.1 Å². The van der Waals surface area contributed by atoms with Gasteiger partial charge in [0.15, 0.2) is 6.61 Å². The number of amides is 1. The van der Waals surface area contributed by atoms with E-state index in [1.807, 2.05) is 17.5 Å². The number of hydrogen-bond acceptors (Lipinski definition) is 6. The van der Waals surface area contributed by atoms with E-state index in [1.165, 1.54) is 16.2 Å². The predicted octanol–water partition coefficient (Wildman–Crippen LogP) is 3.27. The minimum absolute atomic E-state index is 0.0772. The standard InChI is InChI=1S/C18H20N2O4S/c1-2-3-4-7-23-18(22)9-20-15-8-13(14-11-25-12-19-14)5-6-16(15)24-10-17(20)21/h5-6,8,11-12H,2-4,7,9-10H2,1H3. The Morgan fingerprint density at radius 1 is 1.40 bits per heavy atom. The molecule has 0 fully saturated rings. The molecule has 0 aliphatic carbocycles. The molecule has 1 aromatic heterocycles. The summed E-state index contributed by atoms with van der Waals surface area (Å²) >= 11 is 1.50. The Hall–Kier alpha value is -2.41. The van der Waals surface area contributed by atoms with Crippen molar-refractivity contribution in [1.82, 2.24) is 4.98 Å². The van der Waals surface area contributed by atoms with Crippen molar-refractivity contribution in [2.24, 2.45) is 0 Å². The average Bonchev–Trinajstić information content (AvgIpc) is 3.15. The monoisotopic (exact) mass is 360 g/mol. The third-order valence-corrected chi connectivity index (χ3v) is 4.51. The van der Waals surface area contributed by atoms with Crippen LogP contribution >= 0.6 is 11.3 Å². The van der Waals surface area contributed by atoms with Crippen LogP contribution in [0.3, 0.4) is 0 Å². The number of esters is 1. The van der Waals surface area contributed by atoms with E-state index in [9.17, 15) is 9.59 Å². The maximum Gasteiger partial charge on any atom is 0.326 e. The van der Waals surface area contributed by atoms with Gasteiger partial charge < -0.3 is 9.47 Å². The summed E-state index contributed by atoms with van der Waals surface area (Å²) in [6.45, 7) is 2.29. The van der Waals surface area contributed by atoms with Crippen LogP contribution in [-0.2, 0) is 14.3 Å². The number of hydrogen-bond donors (Lipinski definition) is 0. The number of fused-ring (bicyclic) bond motifs is 1. The van der Waals surface area contributed by atoms with E-state index in [4.69, 9.17) is 9.47 Å². The fraction of sp³-hybridized carbons (Fsp3) is 0.389. The number of anilines is 1. The molecule has 7 heteroatoms. The van der Waals surface area contributed by atoms with Crippen molar-refractivity contribution in [3.63, 3.8) is 0 Å². The summed E-state index contributed by atoms with van der Waals surface area (Å²) in [4.78, 5) is 30.0. The molecular formula is C18H20N2O4S. The fourth-order valence-electron chi connectivity index (χ4n) is 2.60. The van der Waals surface area contributed by atoms with E-state index in [0.717, 1.165) is 30.5 Å². The molecule has 0 saturated carbocycles. The quantitative estimate of drug-likeness (QED) is 0.560. The molecule has 0 saturated heterocycles. The second-order valence-electron chi connectivity index (χ2n) is 5.75. The third-order valence-electron chi connectivity index (χ3n) is 3.93. The van der Waals surface area contributed by atoms with Gasteiger partial charge in [0.2, 0.25) is 0 Å². The van der Waals surface area contributed by atoms with Gasteiger partial charge in [-0.15, -0.1) is 11.3 Å². The molecule has 0 spiro atoms. The summed E-state index contributed by atoms with van der Waals surface area (Å²) < 4.78 is 10.7. The van der Waals surface area contributed by atoms with Gasteiger partial charge in [-0.1, -0.05) is 19.8 Å². The molecule has 1 aliphatic rings. The van der Waals surface area contributed by atoms with Crippen LogP contribution in [0, 0.1) is 0 Å². The van der Waals surface area contributed by atoms with Gasteiger partial charge in [-0.2, -0.15) is 0 Å². The van der Waals surface area contributed by atoms with E-state index < -0.39 is 5.97 Å². The minimum Gasteiger partial charge on any atom is -0.482 e. The number of benzene rings is 1. The number of aromatic nitrogens is 1. The zero-order valence-corrected chi connectivity index (χ0v) is 14.9. The van der Waals surface area contributed by atoms with Crippen molar-refractivity contribution in [2.75, 3.05) is 24.7 Å². The highest BCUT2D eigenvalue weighted by Crippen LogP contribution is 2.35. The molecule has 2 aromatic rings. The Labute approximate surface area is 150 Å². The topological polar surface area (TPSA) is 68.7 Å². The molecule has 1 aliphatic heterocycles. The van der Waals surface area contributed by atoms with Crippen molar-refractivity contribution >= 4 is 28.9 Å². The number of nitrogens with zero attached hydrogens (tertiary/aromatic N) is 2. The molecule has 0 bridgehead atoms. The minimum atomic E-state index is -0.406. The first-order chi connectivity index (χ1) is 12.2. The average molecular weight is 360 g/mol. The summed E-state index contributed by atoms with van der Waals surface area (Å²) in [6, 6.07) is 5.52. The zero-order chi connectivity index (χ0) is 17.6. The number of carbonyl (C=O) groups excluding carboxylic acids is 2. The summed E-state index contributed by atoms with van der Waals surface area (Å²) in [5.74, 6) is -0.0813. The van der Waals surface area contributed by atoms with Crippen molar-refractivity contribution in [2.45, 2.75) is 26.2 Å². The molecule has 1 amide bonds. The van der Waals surface area contributed by atoms with E-state index >= 15 is 0 Å². The normalized spacial score (nSPS) is 13.3. The third kappa shape index (κ3) is 4.17. The lowest BCUT2D eigenvalue weighted by molar-refractivity contribution is -0.143. The summed E-state index contributed by atoms with van der Waals surface area (Å²) in [5.41, 5.74) is 4.03. The summed E-state index contributed by atoms with van der Waals surface area (Å²) in [7, 11) is 0. The number of thiazole rings is 1. The fourth-order valence-corrected chi connectivity index (χ4v) is 3.16. The van der Waals surface area contributed by atoms with E-state index in [-0.39, 0.29) is 19.1 Å². The molecule has 25 heavy (non-hydrogen) atoms. The maximum atomic E-state index is 12.2. The van der Waals surface area contributed by atoms with Gasteiger partial charge in [0.1, 0.15) is 12.3 Å². The van der Waals surface area contributed by atoms with Crippen LogP contribution in [0.4, 0.5) is 5.69 Å². The second-order valence-corrected chi connectivity index (χ2v) is 6.47. The second kappa shape index (κ2) is 8.11. The highest BCUT2D eigenvalue weighted by molar-refractivity contribution is 7.07. The Kier molecular flexibility index (Phi) is 5.65. The molecule has 6 nitrogen and oxygen atoms in total. The maximum absolute atomic E-state index is 12.2. The first-order valence-electron chi connectivity index (χ1n) is 8.30. The highest BCUT2D eigenvalue weighted by Gasteiger charge is 2.28. The van der Waals surface area contributed by atoms with Crippen LogP contribution in [0.1, 0.15) is 26.2 Å². The Morgan fingerprint density at radius 2 is 2.28 bits per heavy atom. The van der Waals surface area contributed by atoms with Crippen molar-refractivity contribution in [3.05, 3.63) is 29.1 Å². The summed E-state index contributed by atoms with van der Waals surface area (Å²) in [6.07, 6.45) is 2.92. The van der Waals surface area contributed by atoms with Crippen molar-refractivity contribution in [3.8, 4) is 17.0 Å².